The van der Waals surface area contributed by atoms with Gasteiger partial charge in [-0.15, -0.1) is 0 Å². The van der Waals surface area contributed by atoms with Gasteiger partial charge in [0.1, 0.15) is 5.76 Å². The number of allylic oxidation sites excluding steroid dienone is 2. The lowest BCUT2D eigenvalue weighted by Crippen LogP contribution is -2.31. The molecule has 15 heavy (non-hydrogen) atoms. The molecule has 2 N–H and O–H groups in total. The molecule has 0 spiro atoms. The summed E-state index contributed by atoms with van der Waals surface area (Å²) in [7, 11) is 1.72. The summed E-state index contributed by atoms with van der Waals surface area (Å²) in [6.45, 7) is 3.99. The highest BCUT2D eigenvalue weighted by Gasteiger charge is 2.54. The van der Waals surface area contributed by atoms with E-state index in [1.54, 1.807) is 7.11 Å². The van der Waals surface area contributed by atoms with Crippen LogP contribution in [0.5, 0.6) is 0 Å². The van der Waals surface area contributed by atoms with Gasteiger partial charge in [-0.1, -0.05) is 12.7 Å². The number of nitrogens with two attached hydrogens (primary N) is 1. The van der Waals surface area contributed by atoms with Gasteiger partial charge in [0.25, 0.3) is 0 Å². The smallest absolute Gasteiger partial charge is 0.114 e. The maximum atomic E-state index is 6.18. The standard InChI is InChI=1S/C13H19NO.H2/c1-7(15-2)9-5-8-3-4-12(14)13(8)11-6-10(9)11;/h5,8,10-13H,1,3-4,6,14H2,2H3;1H/t8?,10?,11?,12-,13?;/m0./s1. The number of ether oxygens (including phenoxy) is 1. The molecule has 0 heterocycles. The van der Waals surface area contributed by atoms with Crippen molar-refractivity contribution in [1.82, 2.24) is 0 Å². The second-order valence-corrected chi connectivity index (χ2v) is 5.24. The van der Waals surface area contributed by atoms with Gasteiger partial charge in [-0.05, 0) is 48.5 Å². The largest absolute Gasteiger partial charge is 0.497 e. The first kappa shape index (κ1) is 9.46. The van der Waals surface area contributed by atoms with E-state index in [4.69, 9.17) is 10.5 Å². The van der Waals surface area contributed by atoms with Crippen LogP contribution in [0.1, 0.15) is 20.7 Å². The van der Waals surface area contributed by atoms with E-state index in [2.05, 4.69) is 12.7 Å². The van der Waals surface area contributed by atoms with E-state index < -0.39 is 0 Å². The van der Waals surface area contributed by atoms with Gasteiger partial charge in [-0.25, -0.2) is 0 Å². The van der Waals surface area contributed by atoms with Crippen molar-refractivity contribution in [3.05, 3.63) is 24.0 Å². The molecule has 2 saturated carbocycles. The van der Waals surface area contributed by atoms with E-state index in [1.807, 2.05) is 0 Å². The van der Waals surface area contributed by atoms with Gasteiger partial charge in [0.05, 0.1) is 7.11 Å². The topological polar surface area (TPSA) is 35.2 Å². The van der Waals surface area contributed by atoms with Gasteiger partial charge >= 0.3 is 0 Å². The fourth-order valence-electron chi connectivity index (χ4n) is 3.69. The minimum atomic E-state index is 0. The van der Waals surface area contributed by atoms with E-state index >= 15 is 0 Å². The number of fused-ring (bicyclic) bond motifs is 3. The Balaban J connectivity index is 0.000000963. The molecule has 0 radical (unpaired) electrons. The molecular formula is C13H21NO. The van der Waals surface area contributed by atoms with Crippen molar-refractivity contribution >= 4 is 0 Å². The molecule has 84 valence electrons. The minimum absolute atomic E-state index is 0. The third-order valence-corrected chi connectivity index (χ3v) is 4.52. The monoisotopic (exact) mass is 207 g/mol. The molecule has 0 amide bonds. The highest BCUT2D eigenvalue weighted by atomic mass is 16.5. The van der Waals surface area contributed by atoms with E-state index in [0.717, 1.165) is 17.6 Å². The SMILES string of the molecule is C=C(OC)C1=CC2CC[C@H](N)C2C2CC12.[HH]. The second-order valence-electron chi connectivity index (χ2n) is 5.24. The van der Waals surface area contributed by atoms with Crippen LogP contribution in [0.2, 0.25) is 0 Å². The number of rotatable bonds is 2. The van der Waals surface area contributed by atoms with E-state index in [9.17, 15) is 0 Å². The maximum Gasteiger partial charge on any atom is 0.114 e. The molecule has 3 rings (SSSR count). The summed E-state index contributed by atoms with van der Waals surface area (Å²) in [5.74, 6) is 3.87. The minimum Gasteiger partial charge on any atom is -0.497 e. The normalized spacial score (nSPS) is 46.5. The Morgan fingerprint density at radius 3 is 3.13 bits per heavy atom. The molecule has 0 aliphatic heterocycles. The Bertz CT molecular complexity index is 339. The lowest BCUT2D eigenvalue weighted by Gasteiger charge is -2.26. The van der Waals surface area contributed by atoms with Crippen LogP contribution in [0.3, 0.4) is 0 Å². The quantitative estimate of drug-likeness (QED) is 0.705. The van der Waals surface area contributed by atoms with Crippen LogP contribution in [0.25, 0.3) is 0 Å². The van der Waals surface area contributed by atoms with Crippen LogP contribution in [-0.2, 0) is 4.74 Å². The van der Waals surface area contributed by atoms with Gasteiger partial charge in [-0.2, -0.15) is 0 Å². The Labute approximate surface area is 92.7 Å². The van der Waals surface area contributed by atoms with Gasteiger partial charge in [0, 0.05) is 7.47 Å². The summed E-state index contributed by atoms with van der Waals surface area (Å²) in [5.41, 5.74) is 7.55. The van der Waals surface area contributed by atoms with Crippen molar-refractivity contribution in [3.8, 4) is 0 Å². The summed E-state index contributed by atoms with van der Waals surface area (Å²) in [4.78, 5) is 0. The molecule has 3 aliphatic rings. The van der Waals surface area contributed by atoms with Crippen LogP contribution < -0.4 is 5.73 Å². The van der Waals surface area contributed by atoms with Crippen molar-refractivity contribution in [2.45, 2.75) is 25.3 Å². The average Bonchev–Trinajstić information content (AvgIpc) is 2.95. The van der Waals surface area contributed by atoms with Crippen molar-refractivity contribution in [2.24, 2.45) is 29.4 Å². The van der Waals surface area contributed by atoms with E-state index in [-0.39, 0.29) is 1.43 Å². The van der Waals surface area contributed by atoms with Crippen LogP contribution in [0.4, 0.5) is 0 Å². The Morgan fingerprint density at radius 2 is 2.40 bits per heavy atom. The summed E-state index contributed by atoms with van der Waals surface area (Å²) in [6.07, 6.45) is 6.16. The van der Waals surface area contributed by atoms with Gasteiger partial charge in [-0.3, -0.25) is 0 Å². The number of methoxy groups -OCH3 is 1. The van der Waals surface area contributed by atoms with Crippen molar-refractivity contribution in [2.75, 3.05) is 7.11 Å². The third-order valence-electron chi connectivity index (χ3n) is 4.52. The van der Waals surface area contributed by atoms with Gasteiger partial charge in [0.15, 0.2) is 0 Å². The zero-order valence-corrected chi connectivity index (χ0v) is 9.28. The van der Waals surface area contributed by atoms with Crippen molar-refractivity contribution < 1.29 is 6.16 Å². The Kier molecular flexibility index (Phi) is 1.96. The maximum absolute atomic E-state index is 6.18. The third kappa shape index (κ3) is 1.27. The first-order valence-corrected chi connectivity index (χ1v) is 5.93. The predicted octanol–water partition coefficient (Wildman–Crippen LogP) is 2.32. The molecule has 0 aromatic rings. The van der Waals surface area contributed by atoms with Crippen LogP contribution in [0, 0.1) is 23.7 Å². The van der Waals surface area contributed by atoms with Crippen LogP contribution in [0.15, 0.2) is 24.0 Å². The molecule has 5 atom stereocenters. The molecule has 4 unspecified atom stereocenters. The highest BCUT2D eigenvalue weighted by molar-refractivity contribution is 5.36. The summed E-state index contributed by atoms with van der Waals surface area (Å²) < 4.78 is 5.27. The lowest BCUT2D eigenvalue weighted by atomic mass is 9.81. The second kappa shape index (κ2) is 3.11. The summed E-state index contributed by atoms with van der Waals surface area (Å²) >= 11 is 0. The molecule has 2 nitrogen and oxygen atoms in total. The average molecular weight is 207 g/mol. The van der Waals surface area contributed by atoms with Gasteiger partial charge < -0.3 is 10.5 Å². The predicted molar refractivity (Wildman–Crippen MR) is 62.1 cm³/mol. The fourth-order valence-corrected chi connectivity index (χ4v) is 3.69. The lowest BCUT2D eigenvalue weighted by molar-refractivity contribution is 0.284. The molecular weight excluding hydrogens is 186 g/mol. The first-order valence-electron chi connectivity index (χ1n) is 5.93. The van der Waals surface area contributed by atoms with Crippen molar-refractivity contribution in [3.63, 3.8) is 0 Å². The van der Waals surface area contributed by atoms with Crippen molar-refractivity contribution in [1.29, 1.82) is 0 Å². The van der Waals surface area contributed by atoms with Crippen LogP contribution in [-0.4, -0.2) is 13.2 Å². The molecule has 0 bridgehead atoms. The molecule has 2 heteroatoms. The van der Waals surface area contributed by atoms with E-state index in [0.29, 0.717) is 17.9 Å². The first-order chi connectivity index (χ1) is 7.22. The molecule has 0 saturated heterocycles. The van der Waals surface area contributed by atoms with E-state index in [1.165, 1.54) is 24.8 Å². The van der Waals surface area contributed by atoms with Gasteiger partial charge in [0.2, 0.25) is 0 Å². The number of hydrogen-bond acceptors (Lipinski definition) is 2. The zero-order valence-electron chi connectivity index (χ0n) is 9.28. The molecule has 2 fully saturated rings. The highest BCUT2D eigenvalue weighted by Crippen LogP contribution is 2.60. The zero-order chi connectivity index (χ0) is 10.6. The molecule has 3 aliphatic carbocycles. The summed E-state index contributed by atoms with van der Waals surface area (Å²) in [6, 6.07) is 0.443. The molecule has 0 aromatic heterocycles. The summed E-state index contributed by atoms with van der Waals surface area (Å²) in [5, 5.41) is 0. The Hall–Kier alpha value is -0.760. The van der Waals surface area contributed by atoms with Crippen LogP contribution >= 0.6 is 0 Å². The molecule has 0 aromatic carbocycles. The number of hydrogen-bond donors (Lipinski definition) is 1. The fraction of sp³-hybridized carbons (Fsp3) is 0.692. The Morgan fingerprint density at radius 1 is 1.60 bits per heavy atom.